The lowest BCUT2D eigenvalue weighted by Gasteiger charge is -2.14. The first kappa shape index (κ1) is 31.3. The summed E-state index contributed by atoms with van der Waals surface area (Å²) in [7, 11) is 4.01. The predicted molar refractivity (Wildman–Crippen MR) is 186 cm³/mol. The van der Waals surface area contributed by atoms with E-state index in [1.54, 1.807) is 12.4 Å². The van der Waals surface area contributed by atoms with Gasteiger partial charge < -0.3 is 20.1 Å². The van der Waals surface area contributed by atoms with Gasteiger partial charge in [-0.2, -0.15) is 5.10 Å². The fourth-order valence-electron chi connectivity index (χ4n) is 6.03. The molecule has 0 atom stereocenters. The quantitative estimate of drug-likeness (QED) is 0.121. The molecular formula is C36H42FN9. The highest BCUT2D eigenvalue weighted by Crippen LogP contribution is 2.33. The Hall–Kier alpha value is -4.67. The van der Waals surface area contributed by atoms with Gasteiger partial charge in [0.05, 0.1) is 34.6 Å². The third-order valence-corrected chi connectivity index (χ3v) is 8.51. The Bertz CT molecular complexity index is 1890. The van der Waals surface area contributed by atoms with Crippen molar-refractivity contribution in [1.82, 2.24) is 39.9 Å². The first-order valence-electron chi connectivity index (χ1n) is 16.0. The lowest BCUT2D eigenvalue weighted by Crippen LogP contribution is -2.20. The third kappa shape index (κ3) is 7.08. The SMILES string of the molecule is C=C/C(=C\C(=C/C)c1cc2c(-c3nc4c(-c5cc(F)cc(NCCN(C)C)c5)cncc4[nH]3)n[nH]c2cn1)CCCN1CCCC1. The van der Waals surface area contributed by atoms with E-state index in [1.165, 1.54) is 43.6 Å². The minimum atomic E-state index is -0.323. The van der Waals surface area contributed by atoms with Crippen LogP contribution in [0.15, 0.2) is 73.2 Å². The summed E-state index contributed by atoms with van der Waals surface area (Å²) in [6, 6.07) is 7.00. The van der Waals surface area contributed by atoms with Gasteiger partial charge in [0.1, 0.15) is 11.5 Å². The molecule has 1 aliphatic heterocycles. The van der Waals surface area contributed by atoms with Crippen LogP contribution in [0, 0.1) is 5.82 Å². The molecule has 0 saturated carbocycles. The fraction of sp³-hybridized carbons (Fsp3) is 0.333. The maximum Gasteiger partial charge on any atom is 0.159 e. The number of hydrogen-bond donors (Lipinski definition) is 3. The highest BCUT2D eigenvalue weighted by atomic mass is 19.1. The number of likely N-dealkylation sites (tertiary alicyclic amines) is 1. The number of likely N-dealkylation sites (N-methyl/N-ethyl adjacent to an activating group) is 1. The number of pyridine rings is 2. The average molecular weight is 620 g/mol. The summed E-state index contributed by atoms with van der Waals surface area (Å²) < 4.78 is 14.7. The van der Waals surface area contributed by atoms with Crippen molar-refractivity contribution in [3.63, 3.8) is 0 Å². The van der Waals surface area contributed by atoms with E-state index in [1.807, 2.05) is 39.4 Å². The number of halogens is 1. The molecule has 1 aromatic carbocycles. The number of benzene rings is 1. The van der Waals surface area contributed by atoms with Gasteiger partial charge in [-0.3, -0.25) is 15.1 Å². The highest BCUT2D eigenvalue weighted by Gasteiger charge is 2.18. The van der Waals surface area contributed by atoms with Crippen molar-refractivity contribution >= 4 is 33.2 Å². The molecule has 238 valence electrons. The Kier molecular flexibility index (Phi) is 9.65. The van der Waals surface area contributed by atoms with Crippen molar-refractivity contribution in [2.45, 2.75) is 32.6 Å². The van der Waals surface area contributed by atoms with Crippen LogP contribution in [0.25, 0.3) is 50.2 Å². The maximum atomic E-state index is 14.7. The molecule has 0 unspecified atom stereocenters. The van der Waals surface area contributed by atoms with Crippen LogP contribution in [0.4, 0.5) is 10.1 Å². The van der Waals surface area contributed by atoms with E-state index in [4.69, 9.17) is 9.97 Å². The Morgan fingerprint density at radius 2 is 1.96 bits per heavy atom. The van der Waals surface area contributed by atoms with Gasteiger partial charge in [0.25, 0.3) is 0 Å². The van der Waals surface area contributed by atoms with Crippen molar-refractivity contribution in [3.8, 4) is 22.6 Å². The normalized spacial score (nSPS) is 14.6. The van der Waals surface area contributed by atoms with Crippen LogP contribution in [0.1, 0.15) is 38.3 Å². The molecule has 0 spiro atoms. The molecule has 1 aliphatic rings. The van der Waals surface area contributed by atoms with E-state index in [2.05, 4.69) is 60.1 Å². The second-order valence-corrected chi connectivity index (χ2v) is 12.1. The van der Waals surface area contributed by atoms with Gasteiger partial charge in [0, 0.05) is 35.9 Å². The number of aromatic nitrogens is 6. The van der Waals surface area contributed by atoms with Crippen LogP contribution >= 0.6 is 0 Å². The van der Waals surface area contributed by atoms with Crippen molar-refractivity contribution in [2.24, 2.45) is 0 Å². The van der Waals surface area contributed by atoms with Gasteiger partial charge in [-0.15, -0.1) is 0 Å². The zero-order valence-corrected chi connectivity index (χ0v) is 26.9. The van der Waals surface area contributed by atoms with E-state index < -0.39 is 0 Å². The van der Waals surface area contributed by atoms with Gasteiger partial charge in [-0.25, -0.2) is 9.37 Å². The van der Waals surface area contributed by atoms with Gasteiger partial charge in [-0.1, -0.05) is 18.7 Å². The van der Waals surface area contributed by atoms with E-state index in [0.29, 0.717) is 34.8 Å². The number of rotatable bonds is 13. The molecule has 1 saturated heterocycles. The number of hydrogen-bond acceptors (Lipinski definition) is 7. The second-order valence-electron chi connectivity index (χ2n) is 12.1. The van der Waals surface area contributed by atoms with E-state index in [0.717, 1.165) is 59.2 Å². The minimum absolute atomic E-state index is 0.323. The van der Waals surface area contributed by atoms with Crippen LogP contribution in [-0.4, -0.2) is 86.8 Å². The lowest BCUT2D eigenvalue weighted by atomic mass is 10.0. The molecule has 0 amide bonds. The summed E-state index contributed by atoms with van der Waals surface area (Å²) in [5, 5.41) is 11.9. The van der Waals surface area contributed by atoms with Crippen molar-refractivity contribution in [2.75, 3.05) is 52.1 Å². The molecule has 5 heterocycles. The van der Waals surface area contributed by atoms with Gasteiger partial charge in [-0.05, 0) is 113 Å². The van der Waals surface area contributed by atoms with E-state index >= 15 is 0 Å². The second kappa shape index (κ2) is 14.2. The van der Waals surface area contributed by atoms with Crippen LogP contribution < -0.4 is 5.32 Å². The van der Waals surface area contributed by atoms with Crippen molar-refractivity contribution < 1.29 is 4.39 Å². The number of aromatic amines is 2. The van der Waals surface area contributed by atoms with Crippen LogP contribution in [0.3, 0.4) is 0 Å². The number of H-pyrrole nitrogens is 2. The highest BCUT2D eigenvalue weighted by molar-refractivity contribution is 5.97. The number of fused-ring (bicyclic) bond motifs is 2. The number of nitrogens with one attached hydrogen (secondary N) is 3. The molecule has 46 heavy (non-hydrogen) atoms. The lowest BCUT2D eigenvalue weighted by molar-refractivity contribution is 0.334. The molecule has 3 N–H and O–H groups in total. The standard InChI is InChI=1S/C36H42FN9/c1-5-24(10-9-14-46-12-7-8-13-46)16-25(6-2)31-20-29-32(23-40-31)43-44-35(29)36-41-33-22-38-21-30(34(33)42-36)26-17-27(37)19-28(18-26)39-11-15-45(3)4/h5-6,16-23,39H,1,7-15H2,2-4H3,(H,41,42)(H,43,44)/b24-16+,25-6+. The summed E-state index contributed by atoms with van der Waals surface area (Å²) in [4.78, 5) is 22.2. The summed E-state index contributed by atoms with van der Waals surface area (Å²) in [5.74, 6) is 0.274. The molecule has 4 aromatic heterocycles. The first-order chi connectivity index (χ1) is 22.4. The van der Waals surface area contributed by atoms with Crippen LogP contribution in [-0.2, 0) is 0 Å². The molecule has 6 rings (SSSR count). The smallest absolute Gasteiger partial charge is 0.159 e. The van der Waals surface area contributed by atoms with Gasteiger partial charge in [0.2, 0.25) is 0 Å². The number of nitrogens with zero attached hydrogens (tertiary/aromatic N) is 6. The molecule has 9 nitrogen and oxygen atoms in total. The molecule has 0 radical (unpaired) electrons. The predicted octanol–water partition coefficient (Wildman–Crippen LogP) is 7.07. The summed E-state index contributed by atoms with van der Waals surface area (Å²) in [6.45, 7) is 11.2. The molecule has 5 aromatic rings. The van der Waals surface area contributed by atoms with Crippen molar-refractivity contribution in [1.29, 1.82) is 0 Å². The van der Waals surface area contributed by atoms with Crippen LogP contribution in [0.2, 0.25) is 0 Å². The Morgan fingerprint density at radius 1 is 1.11 bits per heavy atom. The number of allylic oxidation sites excluding steroid dienone is 5. The van der Waals surface area contributed by atoms with Crippen LogP contribution in [0.5, 0.6) is 0 Å². The minimum Gasteiger partial charge on any atom is -0.384 e. The maximum absolute atomic E-state index is 14.7. The zero-order chi connectivity index (χ0) is 32.0. The monoisotopic (exact) mass is 619 g/mol. The largest absolute Gasteiger partial charge is 0.384 e. The van der Waals surface area contributed by atoms with Gasteiger partial charge in [0.15, 0.2) is 5.82 Å². The number of imidazole rings is 1. The Labute approximate surface area is 269 Å². The van der Waals surface area contributed by atoms with E-state index in [-0.39, 0.29) is 5.82 Å². The summed E-state index contributed by atoms with van der Waals surface area (Å²) >= 11 is 0. The molecule has 1 fully saturated rings. The summed E-state index contributed by atoms with van der Waals surface area (Å²) in [6.07, 6.45) is 16.2. The average Bonchev–Trinajstić information content (AvgIpc) is 3.81. The van der Waals surface area contributed by atoms with Crippen molar-refractivity contribution in [3.05, 3.63) is 84.7 Å². The molecule has 0 bridgehead atoms. The molecule has 10 heteroatoms. The van der Waals surface area contributed by atoms with Gasteiger partial charge >= 0.3 is 0 Å². The Morgan fingerprint density at radius 3 is 2.74 bits per heavy atom. The summed E-state index contributed by atoms with van der Waals surface area (Å²) in [5.41, 5.74) is 8.16. The Balaban J connectivity index is 1.28. The first-order valence-corrected chi connectivity index (χ1v) is 16.0. The third-order valence-electron chi connectivity index (χ3n) is 8.51. The topological polar surface area (TPSA) is 102 Å². The zero-order valence-electron chi connectivity index (χ0n) is 26.9. The molecular weight excluding hydrogens is 577 g/mol. The van der Waals surface area contributed by atoms with E-state index in [9.17, 15) is 4.39 Å². The fourth-order valence-corrected chi connectivity index (χ4v) is 6.03. The molecule has 0 aliphatic carbocycles. The number of anilines is 1.